The van der Waals surface area contributed by atoms with Crippen molar-refractivity contribution >= 4 is 8.80 Å². The van der Waals surface area contributed by atoms with Crippen molar-refractivity contribution in [3.63, 3.8) is 0 Å². The normalized spacial score (nSPS) is 34.2. The topological polar surface area (TPSA) is 0 Å². The summed E-state index contributed by atoms with van der Waals surface area (Å²) >= 11 is 0. The predicted octanol–water partition coefficient (Wildman–Crippen LogP) is 4.72. The van der Waals surface area contributed by atoms with E-state index in [1.165, 1.54) is 12.8 Å². The Balaban J connectivity index is 2.93. The maximum atomic E-state index is 2.60. The molecule has 3 unspecified atom stereocenters. The molecule has 1 heteroatoms. The van der Waals surface area contributed by atoms with Gasteiger partial charge in [0.15, 0.2) is 0 Å². The van der Waals surface area contributed by atoms with E-state index in [4.69, 9.17) is 0 Å². The predicted molar refractivity (Wildman–Crippen MR) is 73.2 cm³/mol. The molecular weight excluding hydrogens is 196 g/mol. The van der Waals surface area contributed by atoms with Gasteiger partial charge in [-0.25, -0.2) is 0 Å². The first kappa shape index (κ1) is 13.3. The van der Waals surface area contributed by atoms with E-state index in [-0.39, 0.29) is 0 Å². The number of hydrogen-bond donors (Lipinski definition) is 0. The van der Waals surface area contributed by atoms with Gasteiger partial charge in [-0.05, 0) is 22.3 Å². The summed E-state index contributed by atoms with van der Waals surface area (Å²) in [6, 6.07) is 1.58. The number of hydrogen-bond acceptors (Lipinski definition) is 0. The molecule has 0 N–H and O–H groups in total. The Bertz CT molecular complexity index is 206. The Morgan fingerprint density at radius 1 is 0.933 bits per heavy atom. The van der Waals surface area contributed by atoms with E-state index in [2.05, 4.69) is 48.1 Å². The van der Waals surface area contributed by atoms with Crippen LogP contribution in [-0.4, -0.2) is 8.80 Å². The molecule has 1 aliphatic rings. The van der Waals surface area contributed by atoms with Gasteiger partial charge in [0.1, 0.15) is 0 Å². The molecule has 0 spiro atoms. The smallest absolute Gasteiger partial charge is 0.0377 e. The highest BCUT2D eigenvalue weighted by atomic mass is 28.3. The molecule has 90 valence electrons. The first-order valence-electron chi connectivity index (χ1n) is 6.64. The van der Waals surface area contributed by atoms with Gasteiger partial charge in [-0.3, -0.25) is 0 Å². The third-order valence-corrected chi connectivity index (χ3v) is 8.34. The van der Waals surface area contributed by atoms with Crippen molar-refractivity contribution in [2.75, 3.05) is 0 Å². The lowest BCUT2D eigenvalue weighted by atomic mass is 9.69. The minimum atomic E-state index is -0.492. The molecule has 0 saturated carbocycles. The molecule has 0 bridgehead atoms. The zero-order valence-corrected chi connectivity index (χ0v) is 13.0. The van der Waals surface area contributed by atoms with Crippen LogP contribution in [0.5, 0.6) is 0 Å². The van der Waals surface area contributed by atoms with Crippen LogP contribution in [0.25, 0.3) is 0 Å². The van der Waals surface area contributed by atoms with Gasteiger partial charge in [-0.2, -0.15) is 0 Å². The van der Waals surface area contributed by atoms with Crippen molar-refractivity contribution in [3.8, 4) is 0 Å². The van der Waals surface area contributed by atoms with Crippen LogP contribution < -0.4 is 0 Å². The molecule has 0 aromatic heterocycles. The third kappa shape index (κ3) is 3.09. The Labute approximate surface area is 98.5 Å². The SMILES string of the molecule is C[SiH]1CCCC(C(C)(C)C)C1C(C)(C)C. The molecule has 0 aromatic carbocycles. The van der Waals surface area contributed by atoms with Crippen molar-refractivity contribution in [3.05, 3.63) is 0 Å². The second kappa shape index (κ2) is 4.23. The van der Waals surface area contributed by atoms with Gasteiger partial charge in [0.25, 0.3) is 0 Å². The largest absolute Gasteiger partial charge is 0.0718 e. The summed E-state index contributed by atoms with van der Waals surface area (Å²) in [7, 11) is -0.492. The summed E-state index contributed by atoms with van der Waals surface area (Å²) in [6.07, 6.45) is 2.98. The summed E-state index contributed by atoms with van der Waals surface area (Å²) in [5, 5.41) is 0. The molecule has 1 heterocycles. The van der Waals surface area contributed by atoms with E-state index in [0.717, 1.165) is 11.5 Å². The van der Waals surface area contributed by atoms with E-state index >= 15 is 0 Å². The fourth-order valence-corrected chi connectivity index (χ4v) is 8.35. The van der Waals surface area contributed by atoms with E-state index in [0.29, 0.717) is 10.8 Å². The van der Waals surface area contributed by atoms with Crippen LogP contribution in [0.2, 0.25) is 18.1 Å². The van der Waals surface area contributed by atoms with Gasteiger partial charge in [0.05, 0.1) is 0 Å². The Morgan fingerprint density at radius 3 is 1.80 bits per heavy atom. The zero-order chi connectivity index (χ0) is 11.9. The minimum Gasteiger partial charge on any atom is -0.0718 e. The monoisotopic (exact) mass is 226 g/mol. The van der Waals surface area contributed by atoms with Gasteiger partial charge < -0.3 is 0 Å². The molecule has 0 aromatic rings. The average molecular weight is 226 g/mol. The standard InChI is InChI=1S/C14H30Si/c1-13(2,3)11-9-8-10-15(7)12(11)14(4,5)6/h11-12,15H,8-10H2,1-7H3. The van der Waals surface area contributed by atoms with Crippen LogP contribution in [0.3, 0.4) is 0 Å². The van der Waals surface area contributed by atoms with Crippen molar-refractivity contribution in [1.82, 2.24) is 0 Å². The molecule has 0 radical (unpaired) electrons. The Morgan fingerprint density at radius 2 is 1.47 bits per heavy atom. The highest BCUT2D eigenvalue weighted by Crippen LogP contribution is 2.52. The van der Waals surface area contributed by atoms with Crippen molar-refractivity contribution in [2.45, 2.75) is 72.5 Å². The lowest BCUT2D eigenvalue weighted by Crippen LogP contribution is -2.42. The molecule has 1 rings (SSSR count). The summed E-state index contributed by atoms with van der Waals surface area (Å²) in [5.41, 5.74) is 2.08. The highest BCUT2D eigenvalue weighted by molar-refractivity contribution is 6.59. The van der Waals surface area contributed by atoms with E-state index in [9.17, 15) is 0 Å². The summed E-state index contributed by atoms with van der Waals surface area (Å²) < 4.78 is 0. The quantitative estimate of drug-likeness (QED) is 0.525. The average Bonchev–Trinajstić information content (AvgIpc) is 1.99. The van der Waals surface area contributed by atoms with Gasteiger partial charge in [0.2, 0.25) is 0 Å². The molecule has 0 amide bonds. The second-order valence-electron chi connectivity index (χ2n) is 7.77. The zero-order valence-electron chi connectivity index (χ0n) is 11.9. The summed E-state index contributed by atoms with van der Waals surface area (Å²) in [6.45, 7) is 17.3. The van der Waals surface area contributed by atoms with E-state index < -0.39 is 8.80 Å². The van der Waals surface area contributed by atoms with Gasteiger partial charge in [-0.15, -0.1) is 0 Å². The molecular formula is C14H30Si. The highest BCUT2D eigenvalue weighted by Gasteiger charge is 2.43. The lowest BCUT2D eigenvalue weighted by Gasteiger charge is -2.49. The van der Waals surface area contributed by atoms with E-state index in [1.54, 1.807) is 6.04 Å². The fourth-order valence-electron chi connectivity index (χ4n) is 3.84. The molecule has 0 nitrogen and oxygen atoms in total. The summed E-state index contributed by atoms with van der Waals surface area (Å²) in [5.74, 6) is 0.966. The molecule has 3 atom stereocenters. The second-order valence-corrected chi connectivity index (χ2v) is 11.0. The van der Waals surface area contributed by atoms with Crippen molar-refractivity contribution in [2.24, 2.45) is 16.7 Å². The minimum absolute atomic E-state index is 0.492. The fraction of sp³-hybridized carbons (Fsp3) is 1.00. The van der Waals surface area contributed by atoms with Crippen LogP contribution in [0.15, 0.2) is 0 Å². The summed E-state index contributed by atoms with van der Waals surface area (Å²) in [4.78, 5) is 0. The van der Waals surface area contributed by atoms with Crippen molar-refractivity contribution in [1.29, 1.82) is 0 Å². The van der Waals surface area contributed by atoms with Gasteiger partial charge in [-0.1, -0.05) is 67.0 Å². The third-order valence-electron chi connectivity index (χ3n) is 4.33. The molecule has 1 aliphatic heterocycles. The van der Waals surface area contributed by atoms with Crippen molar-refractivity contribution < 1.29 is 0 Å². The molecule has 1 fully saturated rings. The maximum absolute atomic E-state index is 2.60. The lowest BCUT2D eigenvalue weighted by molar-refractivity contribution is 0.143. The molecule has 15 heavy (non-hydrogen) atoms. The first-order valence-corrected chi connectivity index (χ1v) is 9.28. The Hall–Kier alpha value is 0.217. The van der Waals surface area contributed by atoms with Crippen LogP contribution in [0.1, 0.15) is 54.4 Å². The maximum Gasteiger partial charge on any atom is 0.0377 e. The van der Waals surface area contributed by atoms with E-state index in [1.807, 2.05) is 0 Å². The van der Waals surface area contributed by atoms with Gasteiger partial charge >= 0.3 is 0 Å². The molecule has 0 aliphatic carbocycles. The van der Waals surface area contributed by atoms with Crippen LogP contribution in [0.4, 0.5) is 0 Å². The van der Waals surface area contributed by atoms with Crippen LogP contribution in [0, 0.1) is 16.7 Å². The molecule has 1 saturated heterocycles. The first-order chi connectivity index (χ1) is 6.64. The van der Waals surface area contributed by atoms with Gasteiger partial charge in [0, 0.05) is 8.80 Å². The Kier molecular flexibility index (Phi) is 3.75. The number of rotatable bonds is 0. The van der Waals surface area contributed by atoms with Crippen LogP contribution >= 0.6 is 0 Å². The van der Waals surface area contributed by atoms with Crippen LogP contribution in [-0.2, 0) is 0 Å².